The summed E-state index contributed by atoms with van der Waals surface area (Å²) in [5.74, 6) is 0.895. The van der Waals surface area contributed by atoms with Crippen LogP contribution >= 0.6 is 0 Å². The maximum Gasteiger partial charge on any atom is 0.210 e. The van der Waals surface area contributed by atoms with Gasteiger partial charge in [-0.05, 0) is 31.0 Å². The van der Waals surface area contributed by atoms with Crippen LogP contribution in [0.25, 0.3) is 0 Å². The average molecular weight is 284 g/mol. The minimum Gasteiger partial charge on any atom is -0.487 e. The molecule has 1 heterocycles. The summed E-state index contributed by atoms with van der Waals surface area (Å²) in [6.45, 7) is 5.12. The van der Waals surface area contributed by atoms with Crippen molar-refractivity contribution in [3.05, 3.63) is 29.3 Å². The van der Waals surface area contributed by atoms with E-state index in [-0.39, 0.29) is 11.4 Å². The lowest BCUT2D eigenvalue weighted by Crippen LogP contribution is -2.26. The van der Waals surface area contributed by atoms with Crippen molar-refractivity contribution in [2.45, 2.75) is 32.4 Å². The van der Waals surface area contributed by atoms with E-state index in [0.29, 0.717) is 13.1 Å². The molecule has 5 nitrogen and oxygen atoms in total. The summed E-state index contributed by atoms with van der Waals surface area (Å²) >= 11 is 0. The van der Waals surface area contributed by atoms with Crippen LogP contribution < -0.4 is 15.2 Å². The summed E-state index contributed by atoms with van der Waals surface area (Å²) in [5.41, 5.74) is 2.19. The van der Waals surface area contributed by atoms with Gasteiger partial charge >= 0.3 is 0 Å². The summed E-state index contributed by atoms with van der Waals surface area (Å²) in [4.78, 5) is 0. The van der Waals surface area contributed by atoms with Crippen LogP contribution in [0.3, 0.4) is 0 Å². The summed E-state index contributed by atoms with van der Waals surface area (Å²) in [6.07, 6.45) is 0.896. The molecule has 0 amide bonds. The van der Waals surface area contributed by atoms with Gasteiger partial charge < -0.3 is 10.1 Å². The highest BCUT2D eigenvalue weighted by Gasteiger charge is 2.29. The molecule has 1 aromatic carbocycles. The Morgan fingerprint density at radius 1 is 1.42 bits per heavy atom. The second-order valence-corrected chi connectivity index (χ2v) is 7.26. The lowest BCUT2D eigenvalue weighted by molar-refractivity contribution is 0.138. The Hall–Kier alpha value is -1.11. The lowest BCUT2D eigenvalue weighted by atomic mass is 10.0. The first-order chi connectivity index (χ1) is 8.75. The van der Waals surface area contributed by atoms with E-state index >= 15 is 0 Å². The zero-order valence-electron chi connectivity index (χ0n) is 11.3. The number of fused-ring (bicyclic) bond motifs is 1. The number of nitrogens with one attached hydrogen (secondary N) is 1. The van der Waals surface area contributed by atoms with Gasteiger partial charge in [-0.3, -0.25) is 0 Å². The van der Waals surface area contributed by atoms with E-state index in [1.54, 1.807) is 0 Å². The zero-order chi connectivity index (χ0) is 14.1. The number of hydrogen-bond acceptors (Lipinski definition) is 4. The van der Waals surface area contributed by atoms with Gasteiger partial charge in [0, 0.05) is 19.5 Å². The molecule has 19 heavy (non-hydrogen) atoms. The highest BCUT2D eigenvalue weighted by atomic mass is 32.2. The maximum atomic E-state index is 10.8. The maximum absolute atomic E-state index is 10.8. The van der Waals surface area contributed by atoms with Crippen LogP contribution in [0.1, 0.15) is 25.0 Å². The number of benzene rings is 1. The van der Waals surface area contributed by atoms with Crippen molar-refractivity contribution in [1.29, 1.82) is 0 Å². The third kappa shape index (κ3) is 4.19. The molecule has 6 heteroatoms. The van der Waals surface area contributed by atoms with E-state index in [1.807, 2.05) is 12.1 Å². The van der Waals surface area contributed by atoms with E-state index in [4.69, 9.17) is 9.88 Å². The molecule has 0 unspecified atom stereocenters. The largest absolute Gasteiger partial charge is 0.487 e. The van der Waals surface area contributed by atoms with Gasteiger partial charge in [-0.25, -0.2) is 13.6 Å². The SMILES string of the molecule is CC1(C)Cc2cc(CNCCS(N)(=O)=O)ccc2O1. The van der Waals surface area contributed by atoms with Gasteiger partial charge in [-0.15, -0.1) is 0 Å². The Kier molecular flexibility index (Phi) is 3.85. The molecule has 1 aliphatic rings. The summed E-state index contributed by atoms with van der Waals surface area (Å²) in [5, 5.41) is 8.00. The minimum atomic E-state index is -3.39. The first kappa shape index (κ1) is 14.3. The molecular weight excluding hydrogens is 264 g/mol. The monoisotopic (exact) mass is 284 g/mol. The van der Waals surface area contributed by atoms with E-state index in [2.05, 4.69) is 25.2 Å². The molecule has 2 rings (SSSR count). The lowest BCUT2D eigenvalue weighted by Gasteiger charge is -2.16. The molecule has 0 aromatic heterocycles. The van der Waals surface area contributed by atoms with E-state index in [1.165, 1.54) is 5.56 Å². The number of primary sulfonamides is 1. The number of sulfonamides is 1. The minimum absolute atomic E-state index is 0.0475. The Labute approximate surface area is 114 Å². The van der Waals surface area contributed by atoms with Crippen LogP contribution in [0.2, 0.25) is 0 Å². The first-order valence-corrected chi connectivity index (χ1v) is 7.99. The molecule has 0 atom stereocenters. The van der Waals surface area contributed by atoms with Gasteiger partial charge in [-0.2, -0.15) is 0 Å². The third-order valence-electron chi connectivity index (χ3n) is 3.02. The summed E-state index contributed by atoms with van der Waals surface area (Å²) in [7, 11) is -3.39. The smallest absolute Gasteiger partial charge is 0.210 e. The molecule has 1 aromatic rings. The number of nitrogens with two attached hydrogens (primary N) is 1. The van der Waals surface area contributed by atoms with Crippen molar-refractivity contribution >= 4 is 10.0 Å². The predicted octanol–water partition coefficient (Wildman–Crippen LogP) is 0.778. The third-order valence-corrected chi connectivity index (χ3v) is 3.79. The van der Waals surface area contributed by atoms with Crippen molar-refractivity contribution in [2.24, 2.45) is 5.14 Å². The predicted molar refractivity (Wildman–Crippen MR) is 74.5 cm³/mol. The van der Waals surface area contributed by atoms with E-state index < -0.39 is 10.0 Å². The van der Waals surface area contributed by atoms with Crippen LogP contribution in [0.5, 0.6) is 5.75 Å². The fraction of sp³-hybridized carbons (Fsp3) is 0.538. The van der Waals surface area contributed by atoms with E-state index in [0.717, 1.165) is 17.7 Å². The second kappa shape index (κ2) is 5.11. The van der Waals surface area contributed by atoms with Gasteiger partial charge in [0.1, 0.15) is 11.4 Å². The molecular formula is C13H20N2O3S. The quantitative estimate of drug-likeness (QED) is 0.783. The zero-order valence-corrected chi connectivity index (χ0v) is 12.1. The molecule has 0 spiro atoms. The average Bonchev–Trinajstić information content (AvgIpc) is 2.56. The molecule has 0 fully saturated rings. The van der Waals surface area contributed by atoms with Crippen molar-refractivity contribution in [2.75, 3.05) is 12.3 Å². The van der Waals surface area contributed by atoms with Crippen LogP contribution in [-0.4, -0.2) is 26.3 Å². The van der Waals surface area contributed by atoms with Crippen molar-refractivity contribution in [3.63, 3.8) is 0 Å². The van der Waals surface area contributed by atoms with Gasteiger partial charge in [0.15, 0.2) is 0 Å². The van der Waals surface area contributed by atoms with Crippen LogP contribution in [0.15, 0.2) is 18.2 Å². The highest BCUT2D eigenvalue weighted by molar-refractivity contribution is 7.89. The van der Waals surface area contributed by atoms with E-state index in [9.17, 15) is 8.42 Å². The number of hydrogen-bond donors (Lipinski definition) is 2. The molecule has 3 N–H and O–H groups in total. The van der Waals surface area contributed by atoms with Gasteiger partial charge in [-0.1, -0.05) is 12.1 Å². The Morgan fingerprint density at radius 3 is 2.84 bits per heavy atom. The highest BCUT2D eigenvalue weighted by Crippen LogP contribution is 2.35. The van der Waals surface area contributed by atoms with Crippen LogP contribution in [0, 0.1) is 0 Å². The molecule has 0 aliphatic carbocycles. The van der Waals surface area contributed by atoms with Crippen molar-refractivity contribution in [1.82, 2.24) is 5.32 Å². The summed E-state index contributed by atoms with van der Waals surface area (Å²) < 4.78 is 27.4. The molecule has 106 valence electrons. The Morgan fingerprint density at radius 2 is 2.16 bits per heavy atom. The van der Waals surface area contributed by atoms with Gasteiger partial charge in [0.2, 0.25) is 10.0 Å². The molecule has 0 saturated heterocycles. The Balaban J connectivity index is 1.90. The topological polar surface area (TPSA) is 81.4 Å². The molecule has 0 radical (unpaired) electrons. The first-order valence-electron chi connectivity index (χ1n) is 6.27. The molecule has 0 saturated carbocycles. The van der Waals surface area contributed by atoms with Crippen molar-refractivity contribution in [3.8, 4) is 5.75 Å². The molecule has 1 aliphatic heterocycles. The fourth-order valence-corrected chi connectivity index (χ4v) is 2.65. The standard InChI is InChI=1S/C13H20N2O3S/c1-13(2)8-11-7-10(3-4-12(11)18-13)9-15-5-6-19(14,16)17/h3-4,7,15H,5-6,8-9H2,1-2H3,(H2,14,16,17). The second-order valence-electron chi connectivity index (χ2n) is 5.52. The van der Waals surface area contributed by atoms with Crippen LogP contribution in [0.4, 0.5) is 0 Å². The normalized spacial score (nSPS) is 17.0. The van der Waals surface area contributed by atoms with Crippen LogP contribution in [-0.2, 0) is 23.0 Å². The van der Waals surface area contributed by atoms with Gasteiger partial charge in [0.05, 0.1) is 5.75 Å². The number of rotatable bonds is 5. The Bertz CT molecular complexity index is 567. The molecule has 0 bridgehead atoms. The fourth-order valence-electron chi connectivity index (χ4n) is 2.22. The summed E-state index contributed by atoms with van der Waals surface area (Å²) in [6, 6.07) is 6.07. The number of ether oxygens (including phenoxy) is 1. The van der Waals surface area contributed by atoms with Gasteiger partial charge in [0.25, 0.3) is 0 Å². The van der Waals surface area contributed by atoms with Crippen molar-refractivity contribution < 1.29 is 13.2 Å².